The summed E-state index contributed by atoms with van der Waals surface area (Å²) < 4.78 is 11.5. The molecule has 108 valence electrons. The van der Waals surface area contributed by atoms with E-state index in [9.17, 15) is 4.79 Å². The van der Waals surface area contributed by atoms with Gasteiger partial charge in [0.15, 0.2) is 0 Å². The molecule has 0 aromatic heterocycles. The molecule has 0 unspecified atom stereocenters. The molecular weight excluding hydrogens is 266 g/mol. The van der Waals surface area contributed by atoms with Crippen LogP contribution in [0, 0.1) is 5.92 Å². The summed E-state index contributed by atoms with van der Waals surface area (Å²) in [6.45, 7) is 0.775. The minimum absolute atomic E-state index is 0.447. The summed E-state index contributed by atoms with van der Waals surface area (Å²) in [5.41, 5.74) is 5.66. The number of amides is 1. The fourth-order valence-electron chi connectivity index (χ4n) is 1.95. The van der Waals surface area contributed by atoms with Crippen LogP contribution in [0.25, 0.3) is 0 Å². The Labute approximate surface area is 123 Å². The van der Waals surface area contributed by atoms with Crippen LogP contribution in [0.3, 0.4) is 0 Å². The number of hydrogen-bond donors (Lipinski definition) is 1. The van der Waals surface area contributed by atoms with Crippen LogP contribution < -0.4 is 15.2 Å². The van der Waals surface area contributed by atoms with E-state index in [0.29, 0.717) is 17.1 Å². The second-order valence-corrected chi connectivity index (χ2v) is 5.22. The van der Waals surface area contributed by atoms with Crippen LogP contribution in [0.4, 0.5) is 0 Å². The van der Waals surface area contributed by atoms with Gasteiger partial charge in [-0.05, 0) is 55.2 Å². The number of carbonyl (C=O) groups is 1. The van der Waals surface area contributed by atoms with Crippen LogP contribution in [0.1, 0.15) is 23.2 Å². The van der Waals surface area contributed by atoms with Gasteiger partial charge < -0.3 is 15.2 Å². The summed E-state index contributed by atoms with van der Waals surface area (Å²) in [5, 5.41) is 0. The predicted octanol–water partition coefficient (Wildman–Crippen LogP) is 3.37. The highest BCUT2D eigenvalue weighted by atomic mass is 16.5. The lowest BCUT2D eigenvalue weighted by Gasteiger charge is -2.09. The Morgan fingerprint density at radius 2 is 1.76 bits per heavy atom. The fraction of sp³-hybridized carbons (Fsp3) is 0.235. The molecule has 0 spiro atoms. The van der Waals surface area contributed by atoms with E-state index in [1.807, 2.05) is 24.3 Å². The van der Waals surface area contributed by atoms with Crippen molar-refractivity contribution in [2.75, 3.05) is 6.61 Å². The zero-order chi connectivity index (χ0) is 14.7. The number of primary amides is 1. The third-order valence-electron chi connectivity index (χ3n) is 3.36. The van der Waals surface area contributed by atoms with Crippen LogP contribution in [-0.4, -0.2) is 12.5 Å². The molecule has 1 aliphatic carbocycles. The van der Waals surface area contributed by atoms with Gasteiger partial charge in [-0.25, -0.2) is 0 Å². The third-order valence-corrected chi connectivity index (χ3v) is 3.36. The fourth-order valence-corrected chi connectivity index (χ4v) is 1.95. The van der Waals surface area contributed by atoms with Gasteiger partial charge in [0, 0.05) is 11.6 Å². The SMILES string of the molecule is NC(=O)c1ccc(Oc2cccc(OCC3CC3)c2)cc1. The second kappa shape index (κ2) is 5.87. The van der Waals surface area contributed by atoms with Gasteiger partial charge >= 0.3 is 0 Å². The molecular formula is C17H17NO3. The molecule has 1 amide bonds. The summed E-state index contributed by atoms with van der Waals surface area (Å²) in [6.07, 6.45) is 2.53. The van der Waals surface area contributed by atoms with Crippen LogP contribution in [0.15, 0.2) is 48.5 Å². The molecule has 1 aliphatic rings. The van der Waals surface area contributed by atoms with Crippen molar-refractivity contribution in [3.05, 3.63) is 54.1 Å². The van der Waals surface area contributed by atoms with E-state index in [1.165, 1.54) is 12.8 Å². The number of hydrogen-bond acceptors (Lipinski definition) is 3. The first kappa shape index (κ1) is 13.5. The maximum absolute atomic E-state index is 11.0. The van der Waals surface area contributed by atoms with Crippen molar-refractivity contribution in [3.63, 3.8) is 0 Å². The van der Waals surface area contributed by atoms with Crippen molar-refractivity contribution in [2.45, 2.75) is 12.8 Å². The molecule has 21 heavy (non-hydrogen) atoms. The Bertz CT molecular complexity index is 633. The molecule has 4 nitrogen and oxygen atoms in total. The van der Waals surface area contributed by atoms with Crippen LogP contribution in [0.2, 0.25) is 0 Å². The van der Waals surface area contributed by atoms with Gasteiger partial charge in [-0.15, -0.1) is 0 Å². The standard InChI is InChI=1S/C17H17NO3/c18-17(19)13-6-8-14(9-7-13)21-16-3-1-2-15(10-16)20-11-12-4-5-12/h1-3,6-10,12H,4-5,11H2,(H2,18,19). The van der Waals surface area contributed by atoms with Gasteiger partial charge in [-0.2, -0.15) is 0 Å². The number of carbonyl (C=O) groups excluding carboxylic acids is 1. The maximum atomic E-state index is 11.0. The van der Waals surface area contributed by atoms with Crippen LogP contribution in [-0.2, 0) is 0 Å². The van der Waals surface area contributed by atoms with E-state index in [2.05, 4.69) is 0 Å². The Kier molecular flexibility index (Phi) is 3.77. The number of nitrogens with two attached hydrogens (primary N) is 1. The number of benzene rings is 2. The molecule has 0 heterocycles. The van der Waals surface area contributed by atoms with Crippen molar-refractivity contribution < 1.29 is 14.3 Å². The maximum Gasteiger partial charge on any atom is 0.248 e. The molecule has 2 aromatic carbocycles. The summed E-state index contributed by atoms with van der Waals surface area (Å²) in [5.74, 6) is 2.44. The Morgan fingerprint density at radius 3 is 2.43 bits per heavy atom. The predicted molar refractivity (Wildman–Crippen MR) is 79.7 cm³/mol. The molecule has 0 bridgehead atoms. The number of ether oxygens (including phenoxy) is 2. The van der Waals surface area contributed by atoms with E-state index < -0.39 is 5.91 Å². The van der Waals surface area contributed by atoms with E-state index >= 15 is 0 Å². The zero-order valence-corrected chi connectivity index (χ0v) is 11.6. The summed E-state index contributed by atoms with van der Waals surface area (Å²) in [4.78, 5) is 11.0. The van der Waals surface area contributed by atoms with Gasteiger partial charge in [0.1, 0.15) is 17.2 Å². The Hall–Kier alpha value is -2.49. The van der Waals surface area contributed by atoms with E-state index in [-0.39, 0.29) is 0 Å². The second-order valence-electron chi connectivity index (χ2n) is 5.22. The van der Waals surface area contributed by atoms with Crippen molar-refractivity contribution in [3.8, 4) is 17.2 Å². The van der Waals surface area contributed by atoms with Gasteiger partial charge in [0.25, 0.3) is 0 Å². The lowest BCUT2D eigenvalue weighted by molar-refractivity contribution is 0.100. The highest BCUT2D eigenvalue weighted by Crippen LogP contribution is 2.31. The largest absolute Gasteiger partial charge is 0.493 e. The average Bonchev–Trinajstić information content (AvgIpc) is 3.30. The Morgan fingerprint density at radius 1 is 1.05 bits per heavy atom. The first-order chi connectivity index (χ1) is 10.2. The quantitative estimate of drug-likeness (QED) is 0.884. The van der Waals surface area contributed by atoms with Crippen molar-refractivity contribution in [1.29, 1.82) is 0 Å². The lowest BCUT2D eigenvalue weighted by Crippen LogP contribution is -2.10. The smallest absolute Gasteiger partial charge is 0.248 e. The zero-order valence-electron chi connectivity index (χ0n) is 11.6. The molecule has 2 N–H and O–H groups in total. The lowest BCUT2D eigenvalue weighted by atomic mass is 10.2. The molecule has 2 aromatic rings. The normalized spacial score (nSPS) is 13.7. The molecule has 1 fully saturated rings. The van der Waals surface area contributed by atoms with Crippen molar-refractivity contribution in [2.24, 2.45) is 11.7 Å². The van der Waals surface area contributed by atoms with Gasteiger partial charge in [-0.1, -0.05) is 6.07 Å². The highest BCUT2D eigenvalue weighted by Gasteiger charge is 2.21. The molecule has 0 atom stereocenters. The first-order valence-electron chi connectivity index (χ1n) is 7.01. The van der Waals surface area contributed by atoms with E-state index in [1.54, 1.807) is 24.3 Å². The van der Waals surface area contributed by atoms with E-state index in [4.69, 9.17) is 15.2 Å². The minimum atomic E-state index is -0.447. The summed E-state index contributed by atoms with van der Waals surface area (Å²) in [7, 11) is 0. The molecule has 0 aliphatic heterocycles. The van der Waals surface area contributed by atoms with Crippen molar-refractivity contribution in [1.82, 2.24) is 0 Å². The van der Waals surface area contributed by atoms with Crippen molar-refractivity contribution >= 4 is 5.91 Å². The van der Waals surface area contributed by atoms with Gasteiger partial charge in [-0.3, -0.25) is 4.79 Å². The average molecular weight is 283 g/mol. The Balaban J connectivity index is 1.65. The number of rotatable bonds is 6. The van der Waals surface area contributed by atoms with Crippen LogP contribution >= 0.6 is 0 Å². The van der Waals surface area contributed by atoms with E-state index in [0.717, 1.165) is 18.3 Å². The first-order valence-corrected chi connectivity index (χ1v) is 7.01. The van der Waals surface area contributed by atoms with Gasteiger partial charge in [0.2, 0.25) is 5.91 Å². The molecule has 3 rings (SSSR count). The molecule has 0 radical (unpaired) electrons. The topological polar surface area (TPSA) is 61.6 Å². The molecule has 0 saturated heterocycles. The highest BCUT2D eigenvalue weighted by molar-refractivity contribution is 5.92. The molecule has 4 heteroatoms. The third kappa shape index (κ3) is 3.75. The monoisotopic (exact) mass is 283 g/mol. The van der Waals surface area contributed by atoms with Crippen LogP contribution in [0.5, 0.6) is 17.2 Å². The summed E-state index contributed by atoms with van der Waals surface area (Å²) in [6, 6.07) is 14.3. The summed E-state index contributed by atoms with van der Waals surface area (Å²) >= 11 is 0. The molecule has 1 saturated carbocycles. The van der Waals surface area contributed by atoms with Gasteiger partial charge in [0.05, 0.1) is 6.61 Å². The minimum Gasteiger partial charge on any atom is -0.493 e.